The molecule has 1 saturated heterocycles. The zero-order chi connectivity index (χ0) is 20.9. The number of thioether (sulfide) groups is 1. The lowest BCUT2D eigenvalue weighted by Crippen LogP contribution is -2.51. The van der Waals surface area contributed by atoms with Gasteiger partial charge in [-0.1, -0.05) is 18.8 Å². The van der Waals surface area contributed by atoms with E-state index >= 15 is 0 Å². The van der Waals surface area contributed by atoms with E-state index in [9.17, 15) is 13.2 Å². The summed E-state index contributed by atoms with van der Waals surface area (Å²) in [5.74, 6) is 1.89. The minimum absolute atomic E-state index is 0. The molecule has 0 atom stereocenters. The Bertz CT molecular complexity index is 854. The van der Waals surface area contributed by atoms with Crippen molar-refractivity contribution in [3.05, 3.63) is 24.3 Å². The topological polar surface area (TPSA) is 86.7 Å². The largest absolute Gasteiger partial charge is 0.292 e. The highest BCUT2D eigenvalue weighted by Gasteiger charge is 2.48. The summed E-state index contributed by atoms with van der Waals surface area (Å²) in [5.41, 5.74) is 1.59. The van der Waals surface area contributed by atoms with Gasteiger partial charge in [-0.25, -0.2) is 13.9 Å². The highest BCUT2D eigenvalue weighted by atomic mass is 35.5. The lowest BCUT2D eigenvalue weighted by Gasteiger charge is -2.40. The number of hydrogen-bond acceptors (Lipinski definition) is 6. The van der Waals surface area contributed by atoms with E-state index in [2.05, 4.69) is 5.92 Å². The highest BCUT2D eigenvalue weighted by Crippen LogP contribution is 2.40. The first-order valence-corrected chi connectivity index (χ1v) is 12.4. The second kappa shape index (κ2) is 10.9. The second-order valence-corrected chi connectivity index (χ2v) is 11.6. The fourth-order valence-electron chi connectivity index (χ4n) is 4.27. The monoisotopic (exact) mass is 472 g/mol. The maximum atomic E-state index is 13.6. The van der Waals surface area contributed by atoms with E-state index < -0.39 is 20.5 Å². The summed E-state index contributed by atoms with van der Waals surface area (Å²) < 4.78 is 25.9. The Hall–Kier alpha value is -1.24. The van der Waals surface area contributed by atoms with Crippen molar-refractivity contribution < 1.29 is 18.4 Å². The second-order valence-electron chi connectivity index (χ2n) is 7.87. The zero-order valence-electron chi connectivity index (χ0n) is 16.9. The number of nitrogens with zero attached hydrogens (tertiary/aromatic N) is 1. The number of amides is 1. The number of sulfone groups is 1. The van der Waals surface area contributed by atoms with Crippen molar-refractivity contribution in [2.24, 2.45) is 0 Å². The first-order chi connectivity index (χ1) is 13.9. The van der Waals surface area contributed by atoms with Gasteiger partial charge in [-0.15, -0.1) is 30.6 Å². The van der Waals surface area contributed by atoms with Crippen LogP contribution in [0.3, 0.4) is 0 Å². The summed E-state index contributed by atoms with van der Waals surface area (Å²) in [6, 6.07) is 7.03. The third-order valence-electron chi connectivity index (χ3n) is 6.00. The summed E-state index contributed by atoms with van der Waals surface area (Å²) in [7, 11) is -3.77. The number of carbonyl (C=O) groups is 1. The molecule has 0 radical (unpaired) electrons. The number of hydrogen-bond donors (Lipinski definition) is 2. The van der Waals surface area contributed by atoms with Gasteiger partial charge in [-0.05, 0) is 49.9 Å². The van der Waals surface area contributed by atoms with Gasteiger partial charge in [-0.3, -0.25) is 14.9 Å². The van der Waals surface area contributed by atoms with Gasteiger partial charge in [0.25, 0.3) is 0 Å². The zero-order valence-corrected chi connectivity index (χ0v) is 19.3. The van der Waals surface area contributed by atoms with Gasteiger partial charge in [-0.2, -0.15) is 0 Å². The summed E-state index contributed by atoms with van der Waals surface area (Å²) >= 11 is 1.81. The predicted octanol–water partition coefficient (Wildman–Crippen LogP) is 3.28. The molecule has 1 aromatic carbocycles. The number of carbonyl (C=O) groups excluding carboxylic acids is 1. The van der Waals surface area contributed by atoms with E-state index in [0.717, 1.165) is 4.90 Å². The number of piperidine rings is 1. The van der Waals surface area contributed by atoms with Gasteiger partial charge in [0.2, 0.25) is 5.91 Å². The molecular formula is C21H29ClN2O4S2. The Labute approximate surface area is 189 Å². The summed E-state index contributed by atoms with van der Waals surface area (Å²) in [4.78, 5) is 15.2. The number of likely N-dealkylation sites (tertiary alicyclic amines) is 1. The molecule has 0 bridgehead atoms. The van der Waals surface area contributed by atoms with E-state index in [0.29, 0.717) is 37.7 Å². The average molecular weight is 473 g/mol. The van der Waals surface area contributed by atoms with Crippen LogP contribution in [0.15, 0.2) is 34.1 Å². The summed E-state index contributed by atoms with van der Waals surface area (Å²) in [6.07, 6.45) is 10.6. The number of halogens is 1. The Morgan fingerprint density at radius 2 is 1.83 bits per heavy atom. The summed E-state index contributed by atoms with van der Waals surface area (Å²) in [6.45, 7) is 1.45. The van der Waals surface area contributed by atoms with Gasteiger partial charge in [0, 0.05) is 29.7 Å². The molecule has 1 aromatic rings. The number of benzene rings is 1. The van der Waals surface area contributed by atoms with Gasteiger partial charge < -0.3 is 0 Å². The molecule has 2 aliphatic rings. The number of hydroxylamine groups is 1. The molecule has 0 aromatic heterocycles. The number of rotatable bonds is 7. The molecule has 3 rings (SSSR count). The summed E-state index contributed by atoms with van der Waals surface area (Å²) in [5, 5.41) is 9.60. The molecule has 1 aliphatic carbocycles. The van der Waals surface area contributed by atoms with Crippen molar-refractivity contribution in [2.75, 3.05) is 19.6 Å². The van der Waals surface area contributed by atoms with Crippen molar-refractivity contribution in [2.45, 2.75) is 64.7 Å². The Morgan fingerprint density at radius 3 is 2.37 bits per heavy atom. The van der Waals surface area contributed by atoms with Gasteiger partial charge in [0.05, 0.1) is 16.2 Å². The SMILES string of the molecule is C#CCN1CCC(CC(=O)NO)(S(=O)(=O)c2ccc(SC3CCCC3)cc2)CC1.Cl. The smallest absolute Gasteiger partial charge is 0.244 e. The third kappa shape index (κ3) is 5.51. The van der Waals surface area contributed by atoms with Crippen molar-refractivity contribution in [1.82, 2.24) is 10.4 Å². The average Bonchev–Trinajstić information content (AvgIpc) is 3.23. The molecule has 6 nitrogen and oxygen atoms in total. The molecule has 1 saturated carbocycles. The molecular weight excluding hydrogens is 444 g/mol. The molecule has 1 aliphatic heterocycles. The van der Waals surface area contributed by atoms with Crippen molar-refractivity contribution >= 4 is 39.9 Å². The van der Waals surface area contributed by atoms with Gasteiger partial charge in [0.15, 0.2) is 9.84 Å². The van der Waals surface area contributed by atoms with E-state index in [4.69, 9.17) is 11.6 Å². The lowest BCUT2D eigenvalue weighted by atomic mass is 9.92. The maximum absolute atomic E-state index is 13.6. The van der Waals surface area contributed by atoms with Gasteiger partial charge in [0.1, 0.15) is 0 Å². The van der Waals surface area contributed by atoms with Crippen LogP contribution in [0.1, 0.15) is 44.9 Å². The first kappa shape index (κ1) is 25.0. The first-order valence-electron chi connectivity index (χ1n) is 10.0. The van der Waals surface area contributed by atoms with Crippen LogP contribution in [0, 0.1) is 12.3 Å². The van der Waals surface area contributed by atoms with Gasteiger partial charge >= 0.3 is 0 Å². The van der Waals surface area contributed by atoms with Crippen molar-refractivity contribution in [3.8, 4) is 12.3 Å². The molecule has 166 valence electrons. The molecule has 2 N–H and O–H groups in total. The molecule has 30 heavy (non-hydrogen) atoms. The van der Waals surface area contributed by atoms with Crippen LogP contribution in [0.2, 0.25) is 0 Å². The highest BCUT2D eigenvalue weighted by molar-refractivity contribution is 8.00. The quantitative estimate of drug-likeness (QED) is 0.360. The fraction of sp³-hybridized carbons (Fsp3) is 0.571. The minimum atomic E-state index is -3.77. The van der Waals surface area contributed by atoms with E-state index in [-0.39, 0.29) is 23.7 Å². The standard InChI is InChI=1S/C21H28N2O4S2.ClH/c1-2-13-23-14-11-21(12-15-23,16-20(24)22-25)29(26,27)19-9-7-18(8-10-19)28-17-5-3-4-6-17;/h1,7-10,17,25H,3-6,11-16H2,(H,22,24);1H. The van der Waals surface area contributed by atoms with E-state index in [1.54, 1.807) is 17.6 Å². The Morgan fingerprint density at radius 1 is 1.23 bits per heavy atom. The maximum Gasteiger partial charge on any atom is 0.244 e. The Balaban J connectivity index is 0.00000320. The molecule has 1 amide bonds. The van der Waals surface area contributed by atoms with Crippen molar-refractivity contribution in [3.63, 3.8) is 0 Å². The number of terminal acetylenes is 1. The molecule has 2 fully saturated rings. The van der Waals surface area contributed by atoms with Crippen LogP contribution in [-0.4, -0.2) is 54.1 Å². The molecule has 1 heterocycles. The minimum Gasteiger partial charge on any atom is -0.292 e. The number of nitrogens with one attached hydrogen (secondary N) is 1. The van der Waals surface area contributed by atoms with Crippen LogP contribution >= 0.6 is 24.2 Å². The normalized spacial score (nSPS) is 19.6. The molecule has 0 spiro atoms. The van der Waals surface area contributed by atoms with Crippen LogP contribution in [0.5, 0.6) is 0 Å². The van der Waals surface area contributed by atoms with E-state index in [1.807, 2.05) is 28.8 Å². The predicted molar refractivity (Wildman–Crippen MR) is 121 cm³/mol. The molecule has 0 unspecified atom stereocenters. The Kier molecular flexibility index (Phi) is 9.07. The fourth-order valence-corrected chi connectivity index (χ4v) is 7.55. The van der Waals surface area contributed by atoms with E-state index in [1.165, 1.54) is 25.7 Å². The van der Waals surface area contributed by atoms with Crippen LogP contribution < -0.4 is 5.48 Å². The van der Waals surface area contributed by atoms with Crippen LogP contribution in [-0.2, 0) is 14.6 Å². The third-order valence-corrected chi connectivity index (χ3v) is 9.93. The van der Waals surface area contributed by atoms with Crippen LogP contribution in [0.25, 0.3) is 0 Å². The lowest BCUT2D eigenvalue weighted by molar-refractivity contribution is -0.130. The molecule has 9 heteroatoms. The van der Waals surface area contributed by atoms with Crippen molar-refractivity contribution in [1.29, 1.82) is 0 Å². The van der Waals surface area contributed by atoms with Crippen LogP contribution in [0.4, 0.5) is 0 Å².